The average Bonchev–Trinajstić information content (AvgIpc) is 3.32. The van der Waals surface area contributed by atoms with Gasteiger partial charge >= 0.3 is 5.97 Å². The van der Waals surface area contributed by atoms with Crippen molar-refractivity contribution in [1.82, 2.24) is 15.3 Å². The molecule has 33 heavy (non-hydrogen) atoms. The zero-order valence-electron chi connectivity index (χ0n) is 18.4. The normalized spacial score (nSPS) is 14.5. The topological polar surface area (TPSA) is 66.8 Å². The van der Waals surface area contributed by atoms with Crippen LogP contribution in [0.5, 0.6) is 0 Å². The molecule has 6 nitrogen and oxygen atoms in total. The van der Waals surface area contributed by atoms with Crippen LogP contribution in [0.4, 0.5) is 0 Å². The summed E-state index contributed by atoms with van der Waals surface area (Å²) in [5.41, 5.74) is 6.00. The monoisotopic (exact) mass is 482 g/mol. The van der Waals surface area contributed by atoms with Gasteiger partial charge in [0.2, 0.25) is 0 Å². The number of aromatic nitrogens is 1. The average molecular weight is 483 g/mol. The van der Waals surface area contributed by atoms with Gasteiger partial charge in [0.15, 0.2) is 0 Å². The second-order valence-electron chi connectivity index (χ2n) is 7.82. The predicted molar refractivity (Wildman–Crippen MR) is 134 cm³/mol. The number of hydrogen-bond donors (Lipinski definition) is 1. The summed E-state index contributed by atoms with van der Waals surface area (Å²) < 4.78 is 5.52. The van der Waals surface area contributed by atoms with Crippen molar-refractivity contribution in [2.75, 3.05) is 26.2 Å². The third-order valence-electron chi connectivity index (χ3n) is 5.50. The van der Waals surface area contributed by atoms with Crippen LogP contribution in [0, 0.1) is 0 Å². The zero-order chi connectivity index (χ0) is 22.9. The molecule has 1 fully saturated rings. The molecule has 1 N–H and O–H groups in total. The Morgan fingerprint density at radius 3 is 2.79 bits per heavy atom. The minimum absolute atomic E-state index is 0.321. The fourth-order valence-electron chi connectivity index (χ4n) is 3.74. The van der Waals surface area contributed by atoms with E-state index < -0.39 is 0 Å². The molecule has 0 atom stereocenters. The molecule has 2 heterocycles. The van der Waals surface area contributed by atoms with Crippen LogP contribution in [0.2, 0.25) is 5.02 Å². The van der Waals surface area contributed by atoms with E-state index in [0.29, 0.717) is 29.3 Å². The second kappa shape index (κ2) is 11.9. The summed E-state index contributed by atoms with van der Waals surface area (Å²) in [5, 5.41) is 7.84. The molecular weight excluding hydrogens is 456 g/mol. The Labute approximate surface area is 203 Å². The van der Waals surface area contributed by atoms with Crippen molar-refractivity contribution in [3.8, 4) is 11.3 Å². The van der Waals surface area contributed by atoms with E-state index in [0.717, 1.165) is 35.9 Å². The Morgan fingerprint density at radius 1 is 1.15 bits per heavy atom. The van der Waals surface area contributed by atoms with E-state index in [9.17, 15) is 4.79 Å². The molecule has 0 radical (unpaired) electrons. The smallest absolute Gasteiger partial charge is 0.338 e. The van der Waals surface area contributed by atoms with Crippen molar-refractivity contribution in [2.24, 2.45) is 5.10 Å². The highest BCUT2D eigenvalue weighted by atomic mass is 35.5. The Hall–Kier alpha value is -2.74. The lowest BCUT2D eigenvalue weighted by molar-refractivity contribution is 0.0452. The molecule has 1 aliphatic heterocycles. The van der Waals surface area contributed by atoms with Crippen molar-refractivity contribution in [3.05, 3.63) is 75.1 Å². The summed E-state index contributed by atoms with van der Waals surface area (Å²) in [6, 6.07) is 15.0. The number of piperidine rings is 1. The highest BCUT2D eigenvalue weighted by molar-refractivity contribution is 7.09. The number of likely N-dealkylation sites (tertiary alicyclic amines) is 1. The first kappa shape index (κ1) is 23.4. The van der Waals surface area contributed by atoms with Crippen LogP contribution in [0.3, 0.4) is 0 Å². The van der Waals surface area contributed by atoms with Crippen molar-refractivity contribution in [1.29, 1.82) is 0 Å². The van der Waals surface area contributed by atoms with Crippen molar-refractivity contribution < 1.29 is 9.53 Å². The van der Waals surface area contributed by atoms with Crippen molar-refractivity contribution >= 4 is 35.1 Å². The summed E-state index contributed by atoms with van der Waals surface area (Å²) in [5.74, 6) is -0.321. The molecule has 1 aliphatic rings. The highest BCUT2D eigenvalue weighted by Crippen LogP contribution is 2.28. The number of nitrogens with one attached hydrogen (secondary N) is 1. The fraction of sp³-hybridized carbons (Fsp3) is 0.320. The Kier molecular flexibility index (Phi) is 8.47. The van der Waals surface area contributed by atoms with Crippen LogP contribution >= 0.6 is 22.9 Å². The molecule has 2 aromatic carbocycles. The summed E-state index contributed by atoms with van der Waals surface area (Å²) in [6.45, 7) is 3.85. The first-order valence-corrected chi connectivity index (χ1v) is 12.4. The number of carbonyl (C=O) groups is 1. The van der Waals surface area contributed by atoms with E-state index in [-0.39, 0.29) is 5.97 Å². The van der Waals surface area contributed by atoms with Gasteiger partial charge in [-0.3, -0.25) is 4.90 Å². The number of hydrogen-bond acceptors (Lipinski definition) is 7. The lowest BCUT2D eigenvalue weighted by Crippen LogP contribution is -2.33. The minimum Gasteiger partial charge on any atom is -0.461 e. The standard InChI is InChI=1S/C25H27ClN4O2S/c26-22-11-5-4-10-21(22)23-18-33-24(29-23)17-28-27-16-19-8-2-3-9-20(19)25(31)32-15-14-30-12-6-1-7-13-30/h2-5,8-11,16,18,28H,1,6-7,12-15,17H2/b27-16+. The number of ether oxygens (including phenoxy) is 1. The number of hydrazone groups is 1. The van der Waals surface area contributed by atoms with Crippen LogP contribution in [0.25, 0.3) is 11.3 Å². The molecule has 1 aromatic heterocycles. The van der Waals surface area contributed by atoms with Gasteiger partial charge in [-0.25, -0.2) is 9.78 Å². The number of thiazole rings is 1. The summed E-state index contributed by atoms with van der Waals surface area (Å²) in [6.07, 6.45) is 5.39. The zero-order valence-corrected chi connectivity index (χ0v) is 19.9. The van der Waals surface area contributed by atoms with Crippen LogP contribution in [0.1, 0.15) is 40.2 Å². The molecule has 0 bridgehead atoms. The van der Waals surface area contributed by atoms with Gasteiger partial charge in [0, 0.05) is 28.1 Å². The van der Waals surface area contributed by atoms with Crippen molar-refractivity contribution in [3.63, 3.8) is 0 Å². The molecule has 4 rings (SSSR count). The maximum Gasteiger partial charge on any atom is 0.338 e. The van der Waals surface area contributed by atoms with E-state index in [1.54, 1.807) is 23.6 Å². The molecular formula is C25H27ClN4O2S. The van der Waals surface area contributed by atoms with Crippen LogP contribution in [0.15, 0.2) is 59.0 Å². The third kappa shape index (κ3) is 6.63. The Balaban J connectivity index is 1.29. The maximum absolute atomic E-state index is 12.6. The van der Waals surface area contributed by atoms with Gasteiger partial charge in [-0.05, 0) is 38.1 Å². The van der Waals surface area contributed by atoms with Gasteiger partial charge in [0.25, 0.3) is 0 Å². The van der Waals surface area contributed by atoms with Crippen LogP contribution < -0.4 is 5.43 Å². The molecule has 0 unspecified atom stereocenters. The summed E-state index contributed by atoms with van der Waals surface area (Å²) in [7, 11) is 0. The number of esters is 1. The second-order valence-corrected chi connectivity index (χ2v) is 9.17. The largest absolute Gasteiger partial charge is 0.461 e. The molecule has 0 aliphatic carbocycles. The van der Waals surface area contributed by atoms with Gasteiger partial charge in [0.05, 0.1) is 24.0 Å². The third-order valence-corrected chi connectivity index (χ3v) is 6.68. The van der Waals surface area contributed by atoms with Crippen LogP contribution in [-0.2, 0) is 11.3 Å². The molecule has 8 heteroatoms. The summed E-state index contributed by atoms with van der Waals surface area (Å²) >= 11 is 7.80. The maximum atomic E-state index is 12.6. The van der Waals surface area contributed by atoms with Gasteiger partial charge in [-0.2, -0.15) is 5.10 Å². The fourth-order valence-corrected chi connectivity index (χ4v) is 4.70. The van der Waals surface area contributed by atoms with E-state index >= 15 is 0 Å². The first-order valence-electron chi connectivity index (χ1n) is 11.1. The van der Waals surface area contributed by atoms with Gasteiger partial charge in [-0.15, -0.1) is 11.3 Å². The van der Waals surface area contributed by atoms with E-state index in [4.69, 9.17) is 16.3 Å². The Bertz CT molecular complexity index is 1100. The molecule has 0 spiro atoms. The SMILES string of the molecule is O=C(OCCN1CCCCC1)c1ccccc1/C=N/NCc1nc(-c2ccccc2Cl)cs1. The first-order chi connectivity index (χ1) is 16.2. The number of rotatable bonds is 9. The van der Waals surface area contributed by atoms with Gasteiger partial charge < -0.3 is 10.2 Å². The number of nitrogens with zero attached hydrogens (tertiary/aromatic N) is 3. The van der Waals surface area contributed by atoms with Crippen LogP contribution in [-0.4, -0.2) is 48.3 Å². The molecule has 0 saturated carbocycles. The molecule has 1 saturated heterocycles. The highest BCUT2D eigenvalue weighted by Gasteiger charge is 2.14. The summed E-state index contributed by atoms with van der Waals surface area (Å²) in [4.78, 5) is 19.6. The van der Waals surface area contributed by atoms with E-state index in [2.05, 4.69) is 20.4 Å². The lowest BCUT2D eigenvalue weighted by Gasteiger charge is -2.25. The number of benzene rings is 2. The van der Waals surface area contributed by atoms with Gasteiger partial charge in [-0.1, -0.05) is 54.4 Å². The Morgan fingerprint density at radius 2 is 1.94 bits per heavy atom. The molecule has 3 aromatic rings. The molecule has 172 valence electrons. The molecule has 0 amide bonds. The van der Waals surface area contributed by atoms with Gasteiger partial charge in [0.1, 0.15) is 11.6 Å². The number of halogens is 1. The minimum atomic E-state index is -0.321. The van der Waals surface area contributed by atoms with E-state index in [1.165, 1.54) is 19.3 Å². The quantitative estimate of drug-likeness (QED) is 0.257. The lowest BCUT2D eigenvalue weighted by atomic mass is 10.1. The van der Waals surface area contributed by atoms with E-state index in [1.807, 2.05) is 47.8 Å². The number of carbonyl (C=O) groups excluding carboxylic acids is 1. The van der Waals surface area contributed by atoms with Crippen molar-refractivity contribution in [2.45, 2.75) is 25.8 Å². The predicted octanol–water partition coefficient (Wildman–Crippen LogP) is 5.23.